The maximum absolute atomic E-state index is 11.0. The molecule has 0 aliphatic rings. The minimum absolute atomic E-state index is 0.0677. The molecule has 0 unspecified atom stereocenters. The number of nitrogens with two attached hydrogens (primary N) is 1. The molecule has 14 heavy (non-hydrogen) atoms. The van der Waals surface area contributed by atoms with Crippen molar-refractivity contribution in [3.8, 4) is 0 Å². The van der Waals surface area contributed by atoms with Gasteiger partial charge in [0.15, 0.2) is 5.65 Å². The van der Waals surface area contributed by atoms with Crippen molar-refractivity contribution in [3.63, 3.8) is 0 Å². The Kier molecular flexibility index (Phi) is 2.11. The van der Waals surface area contributed by atoms with E-state index >= 15 is 0 Å². The quantitative estimate of drug-likeness (QED) is 0.678. The summed E-state index contributed by atoms with van der Waals surface area (Å²) >= 11 is 0. The number of aromatic nitrogens is 3. The lowest BCUT2D eigenvalue weighted by atomic mass is 10.5. The lowest BCUT2D eigenvalue weighted by Crippen LogP contribution is -2.23. The van der Waals surface area contributed by atoms with Gasteiger partial charge >= 0.3 is 0 Å². The van der Waals surface area contributed by atoms with Crippen molar-refractivity contribution in [1.29, 1.82) is 0 Å². The fraction of sp³-hybridized carbons (Fsp3) is 0.125. The van der Waals surface area contributed by atoms with Crippen LogP contribution in [-0.4, -0.2) is 27.0 Å². The predicted molar refractivity (Wildman–Crippen MR) is 50.7 cm³/mol. The molecular weight excluding hydrogens is 182 g/mol. The number of carbonyl (C=O) groups is 1. The Balaban J connectivity index is 2.38. The number of pyridine rings is 1. The smallest absolute Gasteiger partial charge is 0.240 e. The van der Waals surface area contributed by atoms with E-state index in [-0.39, 0.29) is 12.5 Å². The van der Waals surface area contributed by atoms with Crippen molar-refractivity contribution < 1.29 is 4.79 Å². The first-order valence-electron chi connectivity index (χ1n) is 4.11. The zero-order chi connectivity index (χ0) is 9.97. The molecule has 1 amide bonds. The molecule has 6 nitrogen and oxygen atoms in total. The summed E-state index contributed by atoms with van der Waals surface area (Å²) in [5.41, 5.74) is 5.84. The summed E-state index contributed by atoms with van der Waals surface area (Å²) in [4.78, 5) is 11.0. The molecule has 0 aliphatic heterocycles. The largest absolute Gasteiger partial charge is 0.322 e. The minimum Gasteiger partial charge on any atom is -0.322 e. The number of rotatable bonds is 2. The lowest BCUT2D eigenvalue weighted by Gasteiger charge is -1.99. The number of fused-ring (bicyclic) bond motifs is 1. The van der Waals surface area contributed by atoms with Crippen LogP contribution in [0, 0.1) is 0 Å². The van der Waals surface area contributed by atoms with Gasteiger partial charge in [0.1, 0.15) is 0 Å². The summed E-state index contributed by atoms with van der Waals surface area (Å²) in [6, 6.07) is 5.47. The molecule has 0 fully saturated rings. The maximum atomic E-state index is 11.0. The molecule has 2 heterocycles. The van der Waals surface area contributed by atoms with Gasteiger partial charge in [0.25, 0.3) is 0 Å². The third-order valence-corrected chi connectivity index (χ3v) is 1.75. The first kappa shape index (κ1) is 8.64. The third-order valence-electron chi connectivity index (χ3n) is 1.75. The topological polar surface area (TPSA) is 85.3 Å². The Morgan fingerprint density at radius 2 is 2.36 bits per heavy atom. The fourth-order valence-corrected chi connectivity index (χ4v) is 1.10. The van der Waals surface area contributed by atoms with E-state index < -0.39 is 0 Å². The van der Waals surface area contributed by atoms with Crippen LogP contribution < -0.4 is 11.1 Å². The highest BCUT2D eigenvalue weighted by atomic mass is 16.2. The van der Waals surface area contributed by atoms with E-state index in [9.17, 15) is 4.79 Å². The number of nitrogens with one attached hydrogen (secondary N) is 1. The van der Waals surface area contributed by atoms with Crippen LogP contribution in [0.25, 0.3) is 5.65 Å². The predicted octanol–water partition coefficient (Wildman–Crippen LogP) is -0.374. The first-order chi connectivity index (χ1) is 6.81. The number of hydrogen-bond donors (Lipinski definition) is 2. The molecule has 72 valence electrons. The second-order valence-electron chi connectivity index (χ2n) is 2.70. The van der Waals surface area contributed by atoms with Crippen molar-refractivity contribution in [2.45, 2.75) is 0 Å². The average molecular weight is 191 g/mol. The SMILES string of the molecule is NCC(=O)Nc1nnc2ccccn12. The summed E-state index contributed by atoms with van der Waals surface area (Å²) in [5, 5.41) is 10.2. The van der Waals surface area contributed by atoms with Gasteiger partial charge < -0.3 is 5.73 Å². The summed E-state index contributed by atoms with van der Waals surface area (Å²) < 4.78 is 1.67. The number of hydrogen-bond acceptors (Lipinski definition) is 4. The van der Waals surface area contributed by atoms with Gasteiger partial charge in [-0.15, -0.1) is 10.2 Å². The van der Waals surface area contributed by atoms with E-state index in [1.807, 2.05) is 12.1 Å². The van der Waals surface area contributed by atoms with Crippen LogP contribution in [0.4, 0.5) is 5.95 Å². The zero-order valence-corrected chi connectivity index (χ0v) is 7.34. The van der Waals surface area contributed by atoms with Crippen molar-refractivity contribution in [2.24, 2.45) is 5.73 Å². The molecule has 0 bridgehead atoms. The number of anilines is 1. The van der Waals surface area contributed by atoms with Gasteiger partial charge in [0.2, 0.25) is 11.9 Å². The highest BCUT2D eigenvalue weighted by molar-refractivity contribution is 5.90. The maximum Gasteiger partial charge on any atom is 0.240 e. The van der Waals surface area contributed by atoms with Crippen LogP contribution in [0.5, 0.6) is 0 Å². The van der Waals surface area contributed by atoms with Crippen molar-refractivity contribution >= 4 is 17.5 Å². The highest BCUT2D eigenvalue weighted by Crippen LogP contribution is 2.06. The molecule has 6 heteroatoms. The molecule has 2 aromatic rings. The number of amides is 1. The van der Waals surface area contributed by atoms with E-state index in [0.29, 0.717) is 11.6 Å². The van der Waals surface area contributed by atoms with Crippen LogP contribution in [0.3, 0.4) is 0 Å². The Bertz CT molecular complexity index is 463. The zero-order valence-electron chi connectivity index (χ0n) is 7.34. The van der Waals surface area contributed by atoms with Crippen LogP contribution >= 0.6 is 0 Å². The summed E-state index contributed by atoms with van der Waals surface area (Å²) in [6.45, 7) is -0.0677. The van der Waals surface area contributed by atoms with Crippen LogP contribution in [0.15, 0.2) is 24.4 Å². The molecule has 0 aromatic carbocycles. The van der Waals surface area contributed by atoms with Crippen LogP contribution in [0.2, 0.25) is 0 Å². The molecule has 0 atom stereocenters. The Morgan fingerprint density at radius 1 is 1.50 bits per heavy atom. The van der Waals surface area contributed by atoms with E-state index in [0.717, 1.165) is 0 Å². The monoisotopic (exact) mass is 191 g/mol. The Labute approximate surface area is 79.7 Å². The normalized spacial score (nSPS) is 10.4. The van der Waals surface area contributed by atoms with E-state index in [4.69, 9.17) is 5.73 Å². The van der Waals surface area contributed by atoms with Gasteiger partial charge in [-0.05, 0) is 12.1 Å². The first-order valence-corrected chi connectivity index (χ1v) is 4.11. The molecule has 0 aliphatic carbocycles. The second kappa shape index (κ2) is 3.43. The summed E-state index contributed by atoms with van der Waals surface area (Å²) in [6.07, 6.45) is 1.77. The van der Waals surface area contributed by atoms with E-state index in [1.54, 1.807) is 16.7 Å². The fourth-order valence-electron chi connectivity index (χ4n) is 1.10. The van der Waals surface area contributed by atoms with Gasteiger partial charge in [-0.2, -0.15) is 0 Å². The van der Waals surface area contributed by atoms with E-state index in [1.165, 1.54) is 0 Å². The van der Waals surface area contributed by atoms with Crippen LogP contribution in [-0.2, 0) is 4.79 Å². The van der Waals surface area contributed by atoms with Crippen LogP contribution in [0.1, 0.15) is 0 Å². The average Bonchev–Trinajstić information content (AvgIpc) is 2.62. The molecule has 0 spiro atoms. The van der Waals surface area contributed by atoms with Gasteiger partial charge in [-0.25, -0.2) is 0 Å². The van der Waals surface area contributed by atoms with Gasteiger partial charge in [-0.3, -0.25) is 14.5 Å². The summed E-state index contributed by atoms with van der Waals surface area (Å²) in [5.74, 6) is 0.0965. The molecular formula is C8H9N5O. The highest BCUT2D eigenvalue weighted by Gasteiger charge is 2.06. The van der Waals surface area contributed by atoms with Gasteiger partial charge in [0, 0.05) is 6.20 Å². The molecule has 3 N–H and O–H groups in total. The van der Waals surface area contributed by atoms with Crippen molar-refractivity contribution in [3.05, 3.63) is 24.4 Å². The Morgan fingerprint density at radius 3 is 3.14 bits per heavy atom. The second-order valence-corrected chi connectivity index (χ2v) is 2.70. The minimum atomic E-state index is -0.289. The third kappa shape index (κ3) is 1.42. The molecule has 0 saturated heterocycles. The Hall–Kier alpha value is -1.95. The number of nitrogens with zero attached hydrogens (tertiary/aromatic N) is 3. The van der Waals surface area contributed by atoms with E-state index in [2.05, 4.69) is 15.5 Å². The molecule has 2 rings (SSSR count). The van der Waals surface area contributed by atoms with Gasteiger partial charge in [-0.1, -0.05) is 6.07 Å². The summed E-state index contributed by atoms with van der Waals surface area (Å²) in [7, 11) is 0. The van der Waals surface area contributed by atoms with Gasteiger partial charge in [0.05, 0.1) is 6.54 Å². The molecule has 0 radical (unpaired) electrons. The number of carbonyl (C=O) groups excluding carboxylic acids is 1. The molecule has 0 saturated carbocycles. The van der Waals surface area contributed by atoms with Crippen molar-refractivity contribution in [2.75, 3.05) is 11.9 Å². The molecule has 2 aromatic heterocycles. The standard InChI is InChI=1S/C8H9N5O/c9-5-7(14)10-8-12-11-6-3-1-2-4-13(6)8/h1-4H,5,9H2,(H,10,12,14). The lowest BCUT2D eigenvalue weighted by molar-refractivity contribution is -0.115. The van der Waals surface area contributed by atoms with Crippen molar-refractivity contribution in [1.82, 2.24) is 14.6 Å².